The molecule has 29 heavy (non-hydrogen) atoms. The molecule has 158 valence electrons. The lowest BCUT2D eigenvalue weighted by molar-refractivity contribution is -0.576. The molecule has 5 fully saturated rings. The van der Waals surface area contributed by atoms with Crippen LogP contribution in [0.4, 0.5) is 0 Å². The number of rotatable bonds is 3. The summed E-state index contributed by atoms with van der Waals surface area (Å²) in [5.74, 6) is -0.146. The van der Waals surface area contributed by atoms with E-state index in [1.54, 1.807) is 0 Å². The normalized spacial score (nSPS) is 45.9. The van der Waals surface area contributed by atoms with E-state index in [1.165, 1.54) is 0 Å². The van der Waals surface area contributed by atoms with Crippen molar-refractivity contribution in [1.82, 2.24) is 0 Å². The number of ether oxygens (including phenoxy) is 3. The number of hydrogen-bond acceptors (Lipinski definition) is 6. The minimum Gasteiger partial charge on any atom is -0.435 e. The smallest absolute Gasteiger partial charge is 0.312 e. The summed E-state index contributed by atoms with van der Waals surface area (Å²) in [6.45, 7) is 6.27. The third-order valence-electron chi connectivity index (χ3n) is 7.54. The molecule has 0 aromatic heterocycles. The monoisotopic (exact) mass is 402 g/mol. The highest BCUT2D eigenvalue weighted by atomic mass is 17.3. The first-order chi connectivity index (χ1) is 13.9. The third-order valence-corrected chi connectivity index (χ3v) is 7.54. The van der Waals surface area contributed by atoms with Gasteiger partial charge in [0.15, 0.2) is 11.9 Å². The van der Waals surface area contributed by atoms with Crippen molar-refractivity contribution in [1.29, 1.82) is 0 Å². The van der Waals surface area contributed by atoms with Crippen molar-refractivity contribution >= 4 is 5.97 Å². The highest BCUT2D eigenvalue weighted by Gasteiger charge is 2.69. The molecule has 4 heterocycles. The Morgan fingerprint density at radius 3 is 2.69 bits per heavy atom. The third kappa shape index (κ3) is 3.12. The quantitative estimate of drug-likeness (QED) is 0.563. The second-order valence-corrected chi connectivity index (χ2v) is 9.43. The Morgan fingerprint density at radius 1 is 1.10 bits per heavy atom. The van der Waals surface area contributed by atoms with Crippen LogP contribution in [0.5, 0.6) is 0 Å². The molecule has 2 bridgehead atoms. The average Bonchev–Trinajstić information content (AvgIpc) is 2.93. The Bertz CT molecular complexity index is 768. The summed E-state index contributed by atoms with van der Waals surface area (Å²) in [6.07, 6.45) is 2.85. The Labute approximate surface area is 171 Å². The van der Waals surface area contributed by atoms with Gasteiger partial charge >= 0.3 is 5.97 Å². The van der Waals surface area contributed by atoms with Crippen LogP contribution in [0.2, 0.25) is 0 Å². The summed E-state index contributed by atoms with van der Waals surface area (Å²) in [5, 5.41) is 0. The molecule has 0 amide bonds. The van der Waals surface area contributed by atoms with Gasteiger partial charge in [-0.3, -0.25) is 4.79 Å². The minimum atomic E-state index is -0.823. The van der Waals surface area contributed by atoms with Gasteiger partial charge in [-0.15, -0.1) is 0 Å². The van der Waals surface area contributed by atoms with E-state index in [-0.39, 0.29) is 24.2 Å². The van der Waals surface area contributed by atoms with Gasteiger partial charge in [0.25, 0.3) is 0 Å². The molecule has 6 heteroatoms. The average molecular weight is 402 g/mol. The second kappa shape index (κ2) is 7.05. The molecule has 1 spiro atoms. The highest BCUT2D eigenvalue weighted by molar-refractivity contribution is 5.72. The summed E-state index contributed by atoms with van der Waals surface area (Å²) >= 11 is 0. The first kappa shape index (κ1) is 19.5. The number of carbonyl (C=O) groups is 1. The van der Waals surface area contributed by atoms with E-state index in [4.69, 9.17) is 24.0 Å². The van der Waals surface area contributed by atoms with Crippen LogP contribution in [0, 0.1) is 23.7 Å². The first-order valence-electron chi connectivity index (χ1n) is 10.8. The second-order valence-electron chi connectivity index (χ2n) is 9.43. The minimum absolute atomic E-state index is 0.00405. The molecule has 6 rings (SSSR count). The van der Waals surface area contributed by atoms with Gasteiger partial charge in [0.1, 0.15) is 0 Å². The van der Waals surface area contributed by atoms with Crippen molar-refractivity contribution in [3.05, 3.63) is 35.9 Å². The molecule has 5 aliphatic rings. The lowest BCUT2D eigenvalue weighted by Crippen LogP contribution is -2.70. The van der Waals surface area contributed by atoms with Crippen LogP contribution in [-0.4, -0.2) is 29.9 Å². The van der Waals surface area contributed by atoms with Crippen molar-refractivity contribution in [2.75, 3.05) is 0 Å². The molecular formula is C23H30O6. The van der Waals surface area contributed by atoms with E-state index >= 15 is 0 Å². The van der Waals surface area contributed by atoms with E-state index in [2.05, 4.69) is 13.8 Å². The SMILES string of the molecule is C[C@@H]1CCC2[C@@H](C)[C@@H](OC(=O)Cc3ccccc3)O[C@@H]3O[C@@]4(C)CCC1[C@@]23OO4. The molecule has 1 saturated carbocycles. The summed E-state index contributed by atoms with van der Waals surface area (Å²) in [5.41, 5.74) is 0.299. The zero-order chi connectivity index (χ0) is 20.2. The maximum atomic E-state index is 12.6. The van der Waals surface area contributed by atoms with Crippen molar-refractivity contribution in [3.8, 4) is 0 Å². The van der Waals surface area contributed by atoms with Gasteiger partial charge in [-0.2, -0.15) is 0 Å². The lowest BCUT2D eigenvalue weighted by Gasteiger charge is -2.59. The van der Waals surface area contributed by atoms with E-state index in [0.29, 0.717) is 11.8 Å². The van der Waals surface area contributed by atoms with Crippen LogP contribution < -0.4 is 0 Å². The van der Waals surface area contributed by atoms with Crippen LogP contribution in [0.25, 0.3) is 0 Å². The number of esters is 1. The molecule has 4 saturated heterocycles. The Kier molecular flexibility index (Phi) is 4.74. The van der Waals surface area contributed by atoms with Crippen molar-refractivity contribution in [2.24, 2.45) is 23.7 Å². The summed E-state index contributed by atoms with van der Waals surface area (Å²) in [6, 6.07) is 9.62. The van der Waals surface area contributed by atoms with Gasteiger partial charge in [0.05, 0.1) is 6.42 Å². The number of benzene rings is 1. The van der Waals surface area contributed by atoms with E-state index in [1.807, 2.05) is 37.3 Å². The molecule has 0 radical (unpaired) electrons. The van der Waals surface area contributed by atoms with Gasteiger partial charge in [-0.1, -0.05) is 44.2 Å². The maximum Gasteiger partial charge on any atom is 0.312 e. The fraction of sp³-hybridized carbons (Fsp3) is 0.696. The molecule has 6 nitrogen and oxygen atoms in total. The van der Waals surface area contributed by atoms with Crippen molar-refractivity contribution in [2.45, 2.75) is 76.8 Å². The number of fused-ring (bicyclic) bond motifs is 2. The Morgan fingerprint density at radius 2 is 1.90 bits per heavy atom. The molecule has 2 unspecified atom stereocenters. The molecule has 1 aromatic rings. The molecule has 1 aromatic carbocycles. The van der Waals surface area contributed by atoms with Gasteiger partial charge in [0, 0.05) is 18.3 Å². The van der Waals surface area contributed by atoms with E-state index < -0.39 is 24.0 Å². The van der Waals surface area contributed by atoms with Crippen LogP contribution >= 0.6 is 0 Å². The predicted octanol–water partition coefficient (Wildman–Crippen LogP) is 3.98. The standard InChI is InChI=1S/C23H30O6/c1-14-9-10-18-15(2)20(25-19(24)13-16-7-5-4-6-8-16)26-21-23(18)17(14)11-12-22(3,27-21)28-29-23/h4-8,14-15,17-18,20-21H,9-13H2,1-3H3/t14-,15-,17?,18?,20+,21-,22-,23-/m1/s1. The number of carbonyl (C=O) groups excluding carboxylic acids is 1. The Hall–Kier alpha value is -1.47. The van der Waals surface area contributed by atoms with Crippen LogP contribution in [0.15, 0.2) is 30.3 Å². The topological polar surface area (TPSA) is 63.2 Å². The van der Waals surface area contributed by atoms with Gasteiger partial charge < -0.3 is 14.2 Å². The molecule has 8 atom stereocenters. The number of hydrogen-bond donors (Lipinski definition) is 0. The zero-order valence-electron chi connectivity index (χ0n) is 17.3. The lowest BCUT2D eigenvalue weighted by atomic mass is 9.58. The molecule has 4 aliphatic heterocycles. The highest BCUT2D eigenvalue weighted by Crippen LogP contribution is 2.60. The Balaban J connectivity index is 1.39. The molecule has 0 N–H and O–H groups in total. The summed E-state index contributed by atoms with van der Waals surface area (Å²) < 4.78 is 18.4. The molecule has 1 aliphatic carbocycles. The fourth-order valence-electron chi connectivity index (χ4n) is 5.94. The van der Waals surface area contributed by atoms with Crippen LogP contribution in [-0.2, 0) is 35.2 Å². The van der Waals surface area contributed by atoms with Gasteiger partial charge in [-0.25, -0.2) is 9.78 Å². The van der Waals surface area contributed by atoms with Crippen molar-refractivity contribution < 1.29 is 28.8 Å². The largest absolute Gasteiger partial charge is 0.435 e. The van der Waals surface area contributed by atoms with E-state index in [0.717, 1.165) is 31.2 Å². The summed E-state index contributed by atoms with van der Waals surface area (Å²) in [7, 11) is 0. The van der Waals surface area contributed by atoms with Gasteiger partial charge in [0.2, 0.25) is 12.1 Å². The van der Waals surface area contributed by atoms with E-state index in [9.17, 15) is 4.79 Å². The van der Waals surface area contributed by atoms with Crippen LogP contribution in [0.3, 0.4) is 0 Å². The maximum absolute atomic E-state index is 12.6. The fourth-order valence-corrected chi connectivity index (χ4v) is 5.94. The van der Waals surface area contributed by atoms with Crippen molar-refractivity contribution in [3.63, 3.8) is 0 Å². The van der Waals surface area contributed by atoms with Gasteiger partial charge in [-0.05, 0) is 43.6 Å². The van der Waals surface area contributed by atoms with Crippen LogP contribution in [0.1, 0.15) is 52.0 Å². The predicted molar refractivity (Wildman–Crippen MR) is 103 cm³/mol. The molecular weight excluding hydrogens is 372 g/mol. The summed E-state index contributed by atoms with van der Waals surface area (Å²) in [4.78, 5) is 24.5. The first-order valence-corrected chi connectivity index (χ1v) is 10.8. The zero-order valence-corrected chi connectivity index (χ0v) is 17.3.